The molecule has 0 aromatic heterocycles. The number of nitrogens with zero attached hydrogens (tertiary/aromatic N) is 1. The van der Waals surface area contributed by atoms with E-state index < -0.39 is 32.1 Å². The van der Waals surface area contributed by atoms with E-state index >= 15 is 0 Å². The molecule has 1 aromatic rings. The maximum atomic E-state index is 14.0. The molecule has 0 heterocycles. The van der Waals surface area contributed by atoms with Gasteiger partial charge in [0.15, 0.2) is 9.84 Å². The van der Waals surface area contributed by atoms with Gasteiger partial charge in [0.25, 0.3) is 0 Å². The van der Waals surface area contributed by atoms with Gasteiger partial charge in [-0.25, -0.2) is 12.8 Å². The van der Waals surface area contributed by atoms with Crippen molar-refractivity contribution in [2.24, 2.45) is 10.7 Å². The molecular weight excluding hydrogens is 337 g/mol. The Morgan fingerprint density at radius 2 is 2.04 bits per heavy atom. The average Bonchev–Trinajstić information content (AvgIpc) is 2.49. The summed E-state index contributed by atoms with van der Waals surface area (Å²) in [5.41, 5.74) is 5.87. The normalized spacial score (nSPS) is 13.0. The van der Waals surface area contributed by atoms with Gasteiger partial charge in [-0.3, -0.25) is 9.79 Å². The van der Waals surface area contributed by atoms with Crippen molar-refractivity contribution >= 4 is 27.3 Å². The Labute approximate surface area is 141 Å². The predicted octanol–water partition coefficient (Wildman–Crippen LogP) is 1.09. The number of halogens is 1. The number of nitrogens with two attached hydrogens (primary N) is 1. The number of aliphatic imine (C=N–C) groups is 1. The third-order valence-corrected chi connectivity index (χ3v) is 6.04. The van der Waals surface area contributed by atoms with Gasteiger partial charge in [0.2, 0.25) is 5.91 Å². The zero-order valence-corrected chi connectivity index (χ0v) is 14.9. The van der Waals surface area contributed by atoms with Gasteiger partial charge in [0.05, 0.1) is 5.75 Å². The third-order valence-electron chi connectivity index (χ3n) is 3.59. The molecule has 0 atom stereocenters. The number of methoxy groups -OCH3 is 1. The number of carbonyl (C=O) groups is 1. The van der Waals surface area contributed by atoms with Gasteiger partial charge in [0.1, 0.15) is 23.0 Å². The summed E-state index contributed by atoms with van der Waals surface area (Å²) >= 11 is 0. The van der Waals surface area contributed by atoms with Crippen LogP contribution in [0.2, 0.25) is 0 Å². The zero-order valence-electron chi connectivity index (χ0n) is 14.1. The van der Waals surface area contributed by atoms with Gasteiger partial charge in [-0.05, 0) is 32.0 Å². The minimum atomic E-state index is -3.84. The summed E-state index contributed by atoms with van der Waals surface area (Å²) in [6, 6.07) is 3.71. The lowest BCUT2D eigenvalue weighted by atomic mass is 10.2. The molecule has 0 saturated heterocycles. The second kappa shape index (κ2) is 7.71. The topological polar surface area (TPSA) is 111 Å². The standard InChI is InChI=1S/C15H22FN3O4S/c1-15(2,14(17)18-3)24(21,22)9-10-7-11(5-6-12(10)16)19-13(20)8-23-4/h5-7H,8-9H2,1-4H3,(H2,17,18)(H,19,20). The first-order valence-corrected chi connectivity index (χ1v) is 8.72. The Kier molecular flexibility index (Phi) is 6.44. The highest BCUT2D eigenvalue weighted by atomic mass is 32.2. The summed E-state index contributed by atoms with van der Waals surface area (Å²) in [7, 11) is -1.08. The fourth-order valence-electron chi connectivity index (χ4n) is 1.90. The van der Waals surface area contributed by atoms with Crippen molar-refractivity contribution in [3.63, 3.8) is 0 Å². The van der Waals surface area contributed by atoms with E-state index in [4.69, 9.17) is 5.73 Å². The Morgan fingerprint density at radius 3 is 2.58 bits per heavy atom. The molecule has 1 rings (SSSR count). The van der Waals surface area contributed by atoms with Crippen molar-refractivity contribution in [2.75, 3.05) is 26.1 Å². The lowest BCUT2D eigenvalue weighted by molar-refractivity contribution is -0.119. The summed E-state index contributed by atoms with van der Waals surface area (Å²) in [4.78, 5) is 15.2. The molecule has 9 heteroatoms. The molecule has 0 aliphatic carbocycles. The molecule has 3 N–H and O–H groups in total. The van der Waals surface area contributed by atoms with Crippen molar-refractivity contribution in [3.8, 4) is 0 Å². The lowest BCUT2D eigenvalue weighted by Gasteiger charge is -2.24. The maximum absolute atomic E-state index is 14.0. The fourth-order valence-corrected chi connectivity index (χ4v) is 3.31. The minimum absolute atomic E-state index is 0.0625. The molecule has 24 heavy (non-hydrogen) atoms. The first kappa shape index (κ1) is 20.0. The van der Waals surface area contributed by atoms with Gasteiger partial charge in [-0.2, -0.15) is 0 Å². The Hall–Kier alpha value is -2.00. The van der Waals surface area contributed by atoms with E-state index in [-0.39, 0.29) is 23.7 Å². The highest BCUT2D eigenvalue weighted by Gasteiger charge is 2.38. The Morgan fingerprint density at radius 1 is 1.42 bits per heavy atom. The maximum Gasteiger partial charge on any atom is 0.250 e. The van der Waals surface area contributed by atoms with Crippen molar-refractivity contribution in [1.82, 2.24) is 0 Å². The second-order valence-electron chi connectivity index (χ2n) is 5.67. The van der Waals surface area contributed by atoms with Crippen LogP contribution in [0.1, 0.15) is 19.4 Å². The number of amides is 1. The number of anilines is 1. The highest BCUT2D eigenvalue weighted by Crippen LogP contribution is 2.25. The summed E-state index contributed by atoms with van der Waals surface area (Å²) in [5, 5.41) is 2.50. The number of ether oxygens (including phenoxy) is 1. The van der Waals surface area contributed by atoms with Crippen molar-refractivity contribution in [1.29, 1.82) is 0 Å². The van der Waals surface area contributed by atoms with Crippen LogP contribution in [0.5, 0.6) is 0 Å². The largest absolute Gasteiger partial charge is 0.386 e. The summed E-state index contributed by atoms with van der Waals surface area (Å²) in [6.45, 7) is 2.65. The molecule has 1 aromatic carbocycles. The van der Waals surface area contributed by atoms with Gasteiger partial charge >= 0.3 is 0 Å². The predicted molar refractivity (Wildman–Crippen MR) is 91.2 cm³/mol. The molecule has 1 amide bonds. The number of rotatable bonds is 7. The second-order valence-corrected chi connectivity index (χ2v) is 8.20. The average molecular weight is 359 g/mol. The summed E-state index contributed by atoms with van der Waals surface area (Å²) < 4.78 is 42.4. The molecule has 134 valence electrons. The van der Waals surface area contributed by atoms with Crippen LogP contribution in [0.4, 0.5) is 10.1 Å². The van der Waals surface area contributed by atoms with Gasteiger partial charge < -0.3 is 15.8 Å². The van der Waals surface area contributed by atoms with Crippen LogP contribution < -0.4 is 11.1 Å². The van der Waals surface area contributed by atoms with Crippen LogP contribution in [-0.2, 0) is 25.1 Å². The molecule has 0 fully saturated rings. The van der Waals surface area contributed by atoms with Crippen molar-refractivity contribution < 1.29 is 22.3 Å². The zero-order chi connectivity index (χ0) is 18.5. The smallest absolute Gasteiger partial charge is 0.250 e. The van der Waals surface area contributed by atoms with E-state index in [1.165, 1.54) is 40.1 Å². The quantitative estimate of drug-likeness (QED) is 0.559. The fraction of sp³-hybridized carbons (Fsp3) is 0.467. The molecule has 0 aliphatic heterocycles. The van der Waals surface area contributed by atoms with Crippen LogP contribution in [0.15, 0.2) is 23.2 Å². The number of hydrogen-bond acceptors (Lipinski definition) is 5. The first-order chi connectivity index (χ1) is 11.0. The number of benzene rings is 1. The SMILES string of the molecule is CN=C(N)C(C)(C)S(=O)(=O)Cc1cc(NC(=O)COC)ccc1F. The molecule has 7 nitrogen and oxygen atoms in total. The lowest BCUT2D eigenvalue weighted by Crippen LogP contribution is -2.46. The van der Waals surface area contributed by atoms with Crippen molar-refractivity contribution in [3.05, 3.63) is 29.6 Å². The van der Waals surface area contributed by atoms with Crippen molar-refractivity contribution in [2.45, 2.75) is 24.3 Å². The number of amidine groups is 1. The van der Waals surface area contributed by atoms with Gasteiger partial charge in [-0.1, -0.05) is 0 Å². The van der Waals surface area contributed by atoms with E-state index in [0.717, 1.165) is 6.07 Å². The summed E-state index contributed by atoms with van der Waals surface area (Å²) in [5.74, 6) is -1.75. The number of nitrogens with one attached hydrogen (secondary N) is 1. The first-order valence-electron chi connectivity index (χ1n) is 7.07. The van der Waals surface area contributed by atoms with Crippen LogP contribution in [0, 0.1) is 5.82 Å². The molecule has 0 radical (unpaired) electrons. The van der Waals surface area contributed by atoms with Crippen LogP contribution in [0.25, 0.3) is 0 Å². The van der Waals surface area contributed by atoms with E-state index in [2.05, 4.69) is 15.0 Å². The van der Waals surface area contributed by atoms with Crippen LogP contribution in [-0.4, -0.2) is 45.7 Å². The van der Waals surface area contributed by atoms with Crippen LogP contribution >= 0.6 is 0 Å². The van der Waals surface area contributed by atoms with Gasteiger partial charge in [0, 0.05) is 25.4 Å². The molecule has 0 bridgehead atoms. The monoisotopic (exact) mass is 359 g/mol. The molecule has 0 unspecified atom stereocenters. The highest BCUT2D eigenvalue weighted by molar-refractivity contribution is 7.92. The summed E-state index contributed by atoms with van der Waals surface area (Å²) in [6.07, 6.45) is 0. The minimum Gasteiger partial charge on any atom is -0.386 e. The number of hydrogen-bond donors (Lipinski definition) is 2. The van der Waals surface area contributed by atoms with E-state index in [0.29, 0.717) is 0 Å². The molecular formula is C15H22FN3O4S. The number of carbonyl (C=O) groups excluding carboxylic acids is 1. The van der Waals surface area contributed by atoms with Crippen LogP contribution in [0.3, 0.4) is 0 Å². The molecule has 0 spiro atoms. The van der Waals surface area contributed by atoms with E-state index in [1.807, 2.05) is 0 Å². The molecule has 0 saturated carbocycles. The van der Waals surface area contributed by atoms with Gasteiger partial charge in [-0.15, -0.1) is 0 Å². The number of sulfone groups is 1. The molecule has 0 aliphatic rings. The van der Waals surface area contributed by atoms with E-state index in [1.54, 1.807) is 0 Å². The Balaban J connectivity index is 3.12. The van der Waals surface area contributed by atoms with E-state index in [9.17, 15) is 17.6 Å². The Bertz CT molecular complexity index is 745. The third kappa shape index (κ3) is 4.51.